The first kappa shape index (κ1) is 32.2. The Bertz CT molecular complexity index is 3240. The number of aromatic nitrogens is 3. The third kappa shape index (κ3) is 5.48. The van der Waals surface area contributed by atoms with Crippen LogP contribution >= 0.6 is 11.3 Å². The Hall–Kier alpha value is -7.21. The molecule has 0 N–H and O–H groups in total. The van der Waals surface area contributed by atoms with E-state index >= 15 is 0 Å². The maximum Gasteiger partial charge on any atom is 0.160 e. The zero-order chi connectivity index (χ0) is 37.0. The molecular weight excluding hydrogens is 703 g/mol. The molecule has 4 heterocycles. The van der Waals surface area contributed by atoms with Crippen molar-refractivity contribution in [2.24, 2.45) is 0 Å². The second-order valence-electron chi connectivity index (χ2n) is 14.0. The standard InChI is InChI=1S/C51H31N3OS/c1-2-10-34(11-3-1)44-31-45(37-13-8-12-36(30-37)32-26-28-52-29-27-32)54-51(53-44)35-22-20-33(21-23-35)38-24-25-40(48-43-15-4-6-18-46(43)55-49(38)48)42-17-9-16-41-39-14-5-7-19-47(39)56-50(41)42/h1-31H. The van der Waals surface area contributed by atoms with Crippen LogP contribution in [0.5, 0.6) is 0 Å². The molecule has 11 rings (SSSR count). The fourth-order valence-corrected chi connectivity index (χ4v) is 9.15. The summed E-state index contributed by atoms with van der Waals surface area (Å²) in [4.78, 5) is 14.5. The second kappa shape index (κ2) is 13.3. The van der Waals surface area contributed by atoms with E-state index in [-0.39, 0.29) is 0 Å². The monoisotopic (exact) mass is 733 g/mol. The van der Waals surface area contributed by atoms with Gasteiger partial charge in [-0.1, -0.05) is 133 Å². The minimum atomic E-state index is 0.669. The lowest BCUT2D eigenvalue weighted by Crippen LogP contribution is -1.96. The molecule has 0 unspecified atom stereocenters. The highest BCUT2D eigenvalue weighted by atomic mass is 32.1. The molecule has 0 aliphatic heterocycles. The van der Waals surface area contributed by atoms with Crippen LogP contribution in [-0.4, -0.2) is 15.0 Å². The number of hydrogen-bond donors (Lipinski definition) is 0. The molecule has 5 heteroatoms. The summed E-state index contributed by atoms with van der Waals surface area (Å²) >= 11 is 1.85. The van der Waals surface area contributed by atoms with Gasteiger partial charge < -0.3 is 4.42 Å². The minimum Gasteiger partial charge on any atom is -0.455 e. The van der Waals surface area contributed by atoms with E-state index in [1.807, 2.05) is 60.1 Å². The Morgan fingerprint density at radius 1 is 0.411 bits per heavy atom. The van der Waals surface area contributed by atoms with Crippen LogP contribution in [0.2, 0.25) is 0 Å². The molecule has 262 valence electrons. The molecule has 0 fully saturated rings. The van der Waals surface area contributed by atoms with Gasteiger partial charge >= 0.3 is 0 Å². The first-order valence-electron chi connectivity index (χ1n) is 18.7. The summed E-state index contributed by atoms with van der Waals surface area (Å²) < 4.78 is 9.32. The number of rotatable bonds is 6. The summed E-state index contributed by atoms with van der Waals surface area (Å²) in [5.74, 6) is 0.669. The Kier molecular flexibility index (Phi) is 7.64. The van der Waals surface area contributed by atoms with Crippen molar-refractivity contribution in [3.8, 4) is 67.3 Å². The van der Waals surface area contributed by atoms with Gasteiger partial charge in [0.2, 0.25) is 0 Å². The first-order valence-corrected chi connectivity index (χ1v) is 19.5. The van der Waals surface area contributed by atoms with Crippen LogP contribution < -0.4 is 0 Å². The fourth-order valence-electron chi connectivity index (χ4n) is 7.92. The van der Waals surface area contributed by atoms with E-state index in [4.69, 9.17) is 14.4 Å². The quantitative estimate of drug-likeness (QED) is 0.171. The number of hydrogen-bond acceptors (Lipinski definition) is 5. The predicted octanol–water partition coefficient (Wildman–Crippen LogP) is 14.1. The van der Waals surface area contributed by atoms with Gasteiger partial charge in [-0.2, -0.15) is 0 Å². The van der Waals surface area contributed by atoms with Gasteiger partial charge in [-0.15, -0.1) is 11.3 Å². The van der Waals surface area contributed by atoms with Crippen molar-refractivity contribution >= 4 is 53.4 Å². The van der Waals surface area contributed by atoms with Crippen LogP contribution in [0.1, 0.15) is 0 Å². The highest BCUT2D eigenvalue weighted by molar-refractivity contribution is 7.26. The predicted molar refractivity (Wildman–Crippen MR) is 233 cm³/mol. The van der Waals surface area contributed by atoms with Gasteiger partial charge in [-0.05, 0) is 64.7 Å². The maximum absolute atomic E-state index is 6.73. The summed E-state index contributed by atoms with van der Waals surface area (Å²) in [7, 11) is 0. The lowest BCUT2D eigenvalue weighted by Gasteiger charge is -2.12. The topological polar surface area (TPSA) is 51.8 Å². The minimum absolute atomic E-state index is 0.669. The number of thiophene rings is 1. The summed E-state index contributed by atoms with van der Waals surface area (Å²) in [6.45, 7) is 0. The Morgan fingerprint density at radius 3 is 1.93 bits per heavy atom. The molecule has 11 aromatic rings. The van der Waals surface area contributed by atoms with E-state index in [1.165, 1.54) is 31.3 Å². The summed E-state index contributed by atoms with van der Waals surface area (Å²) in [6, 6.07) is 61.7. The smallest absolute Gasteiger partial charge is 0.160 e. The van der Waals surface area contributed by atoms with Crippen molar-refractivity contribution in [3.63, 3.8) is 0 Å². The largest absolute Gasteiger partial charge is 0.455 e. The zero-order valence-electron chi connectivity index (χ0n) is 30.1. The molecule has 0 bridgehead atoms. The highest BCUT2D eigenvalue weighted by Crippen LogP contribution is 2.46. The Labute approximate surface area is 327 Å². The lowest BCUT2D eigenvalue weighted by atomic mass is 9.93. The molecule has 0 saturated carbocycles. The number of nitrogens with zero attached hydrogens (tertiary/aromatic N) is 3. The van der Waals surface area contributed by atoms with Crippen LogP contribution in [0.4, 0.5) is 0 Å². The molecule has 0 aliphatic carbocycles. The summed E-state index contributed by atoms with van der Waals surface area (Å²) in [5.41, 5.74) is 13.2. The normalized spacial score (nSPS) is 11.6. The molecule has 0 saturated heterocycles. The van der Waals surface area contributed by atoms with Crippen LogP contribution in [0.3, 0.4) is 0 Å². The van der Waals surface area contributed by atoms with Crippen molar-refractivity contribution in [2.45, 2.75) is 0 Å². The van der Waals surface area contributed by atoms with E-state index in [0.29, 0.717) is 5.82 Å². The van der Waals surface area contributed by atoms with Gasteiger partial charge in [0.1, 0.15) is 11.2 Å². The van der Waals surface area contributed by atoms with Crippen molar-refractivity contribution in [3.05, 3.63) is 188 Å². The van der Waals surface area contributed by atoms with Gasteiger partial charge in [0.05, 0.1) is 11.4 Å². The third-order valence-electron chi connectivity index (χ3n) is 10.6. The van der Waals surface area contributed by atoms with E-state index in [0.717, 1.165) is 72.3 Å². The number of furan rings is 1. The SMILES string of the molecule is c1ccc(-c2cc(-c3cccc(-c4ccncc4)c3)nc(-c3ccc(-c4ccc(-c5cccc6c5sc5ccccc56)c5c4oc4ccccc45)cc3)n2)cc1. The average Bonchev–Trinajstić information content (AvgIpc) is 3.86. The second-order valence-corrected chi connectivity index (χ2v) is 15.0. The number of pyridine rings is 1. The molecule has 0 radical (unpaired) electrons. The number of benzene rings is 7. The van der Waals surface area contributed by atoms with Gasteiger partial charge in [0.15, 0.2) is 5.82 Å². The van der Waals surface area contributed by atoms with Gasteiger partial charge in [0.25, 0.3) is 0 Å². The Balaban J connectivity index is 1.03. The van der Waals surface area contributed by atoms with Crippen LogP contribution in [0.15, 0.2) is 193 Å². The van der Waals surface area contributed by atoms with Crippen LogP contribution in [0.25, 0.3) is 109 Å². The molecule has 0 atom stereocenters. The fraction of sp³-hybridized carbons (Fsp3) is 0. The number of para-hydroxylation sites is 1. The van der Waals surface area contributed by atoms with Gasteiger partial charge in [0, 0.05) is 71.2 Å². The molecule has 0 aliphatic rings. The van der Waals surface area contributed by atoms with Gasteiger partial charge in [-0.25, -0.2) is 9.97 Å². The van der Waals surface area contributed by atoms with Crippen LogP contribution in [0, 0.1) is 0 Å². The molecule has 0 spiro atoms. The molecule has 7 aromatic carbocycles. The van der Waals surface area contributed by atoms with Crippen molar-refractivity contribution in [2.75, 3.05) is 0 Å². The average molecular weight is 734 g/mol. The molecule has 4 nitrogen and oxygen atoms in total. The van der Waals surface area contributed by atoms with Crippen LogP contribution in [-0.2, 0) is 0 Å². The molecular formula is C51H31N3OS. The van der Waals surface area contributed by atoms with E-state index in [1.54, 1.807) is 0 Å². The van der Waals surface area contributed by atoms with E-state index in [2.05, 4.69) is 145 Å². The first-order chi connectivity index (χ1) is 27.7. The third-order valence-corrected chi connectivity index (χ3v) is 11.9. The molecule has 0 amide bonds. The maximum atomic E-state index is 6.73. The van der Waals surface area contributed by atoms with Crippen molar-refractivity contribution < 1.29 is 4.42 Å². The Morgan fingerprint density at radius 2 is 1.07 bits per heavy atom. The number of fused-ring (bicyclic) bond motifs is 6. The summed E-state index contributed by atoms with van der Waals surface area (Å²) in [6.07, 6.45) is 3.64. The zero-order valence-corrected chi connectivity index (χ0v) is 30.9. The molecule has 4 aromatic heterocycles. The van der Waals surface area contributed by atoms with Crippen molar-refractivity contribution in [1.29, 1.82) is 0 Å². The van der Waals surface area contributed by atoms with E-state index in [9.17, 15) is 0 Å². The van der Waals surface area contributed by atoms with Gasteiger partial charge in [-0.3, -0.25) is 4.98 Å². The molecule has 56 heavy (non-hydrogen) atoms. The highest BCUT2D eigenvalue weighted by Gasteiger charge is 2.20. The van der Waals surface area contributed by atoms with Crippen molar-refractivity contribution in [1.82, 2.24) is 15.0 Å². The lowest BCUT2D eigenvalue weighted by molar-refractivity contribution is 0.670. The summed E-state index contributed by atoms with van der Waals surface area (Å²) in [5, 5.41) is 4.82. The van der Waals surface area contributed by atoms with E-state index < -0.39 is 0 Å².